The highest BCUT2D eigenvalue weighted by molar-refractivity contribution is 5.87. The Morgan fingerprint density at radius 2 is 1.00 bits per heavy atom. The van der Waals surface area contributed by atoms with Crippen LogP contribution in [0.4, 0.5) is 0 Å². The average Bonchev–Trinajstić information content (AvgIpc) is 2.91. The molecule has 13 nitrogen and oxygen atoms in total. The summed E-state index contributed by atoms with van der Waals surface area (Å²) in [5.41, 5.74) is -0.0574. The molecule has 38 heavy (non-hydrogen) atoms. The average molecular weight is 553 g/mol. The fourth-order valence-electron chi connectivity index (χ4n) is 2.47. The number of aliphatic carboxylic acids is 1. The van der Waals surface area contributed by atoms with Crippen LogP contribution in [0.25, 0.3) is 0 Å². The molecule has 0 bridgehead atoms. The minimum Gasteiger partial charge on any atom is -0.478 e. The zero-order valence-electron chi connectivity index (χ0n) is 22.4. The Morgan fingerprint density at radius 1 is 0.658 bits per heavy atom. The zero-order valence-corrected chi connectivity index (χ0v) is 22.4. The third-order valence-electron chi connectivity index (χ3n) is 4.40. The topological polar surface area (TPSA) is 147 Å². The van der Waals surface area contributed by atoms with Crippen LogP contribution < -0.4 is 0 Å². The molecule has 0 fully saturated rings. The number of methoxy groups -OCH3 is 1. The number of carbonyl (C=O) groups is 2. The predicted octanol–water partition coefficient (Wildman–Crippen LogP) is 0.504. The van der Waals surface area contributed by atoms with Crippen LogP contribution in [0, 0.1) is 0 Å². The highest BCUT2D eigenvalue weighted by atomic mass is 16.6. The molecule has 0 saturated heterocycles. The quantitative estimate of drug-likeness (QED) is 0.0750. The van der Waals surface area contributed by atoms with Gasteiger partial charge in [0.2, 0.25) is 0 Å². The molecular formula is C25H44O13. The number of rotatable bonds is 30. The van der Waals surface area contributed by atoms with E-state index in [1.165, 1.54) is 7.11 Å². The van der Waals surface area contributed by atoms with Crippen molar-refractivity contribution >= 4 is 11.9 Å². The van der Waals surface area contributed by atoms with Gasteiger partial charge in [-0.1, -0.05) is 13.2 Å². The van der Waals surface area contributed by atoms with Crippen molar-refractivity contribution in [2.24, 2.45) is 0 Å². The van der Waals surface area contributed by atoms with Crippen molar-refractivity contribution in [1.82, 2.24) is 0 Å². The molecule has 0 aromatic rings. The molecular weight excluding hydrogens is 508 g/mol. The summed E-state index contributed by atoms with van der Waals surface area (Å²) in [4.78, 5) is 21.8. The predicted molar refractivity (Wildman–Crippen MR) is 135 cm³/mol. The summed E-state index contributed by atoms with van der Waals surface area (Å²) >= 11 is 0. The molecule has 1 N–H and O–H groups in total. The van der Waals surface area contributed by atoms with Crippen LogP contribution in [0.5, 0.6) is 0 Å². The van der Waals surface area contributed by atoms with E-state index in [0.29, 0.717) is 92.5 Å². The van der Waals surface area contributed by atoms with E-state index in [4.69, 9.17) is 52.5 Å². The van der Waals surface area contributed by atoms with E-state index in [-0.39, 0.29) is 25.4 Å². The number of hydrogen-bond donors (Lipinski definition) is 1. The largest absolute Gasteiger partial charge is 0.478 e. The van der Waals surface area contributed by atoms with E-state index in [9.17, 15) is 9.59 Å². The molecule has 0 heterocycles. The third kappa shape index (κ3) is 24.4. The van der Waals surface area contributed by atoms with Gasteiger partial charge in [0.25, 0.3) is 0 Å². The maximum atomic E-state index is 10.9. The van der Waals surface area contributed by atoms with Gasteiger partial charge in [0, 0.05) is 13.2 Å². The van der Waals surface area contributed by atoms with E-state index in [2.05, 4.69) is 13.2 Å². The molecule has 0 aromatic carbocycles. The lowest BCUT2D eigenvalue weighted by Gasteiger charge is -2.17. The molecule has 0 amide bonds. The van der Waals surface area contributed by atoms with E-state index in [0.717, 1.165) is 6.08 Å². The molecule has 0 saturated carbocycles. The second-order valence-electron chi connectivity index (χ2n) is 7.30. The third-order valence-corrected chi connectivity index (χ3v) is 4.40. The van der Waals surface area contributed by atoms with E-state index >= 15 is 0 Å². The molecule has 1 unspecified atom stereocenters. The number of carbonyl (C=O) groups excluding carboxylic acids is 1. The molecule has 0 aliphatic carbocycles. The first-order valence-electron chi connectivity index (χ1n) is 12.4. The summed E-state index contributed by atoms with van der Waals surface area (Å²) in [6, 6.07) is 0. The van der Waals surface area contributed by atoms with Crippen LogP contribution in [0.3, 0.4) is 0 Å². The molecule has 222 valence electrons. The SMILES string of the molecule is C=CC(=O)OCCOCCOCCOCCOCCOCCOCCOCCOC(COC)C(=C)C(=O)O. The monoisotopic (exact) mass is 552 g/mol. The summed E-state index contributed by atoms with van der Waals surface area (Å²) in [5.74, 6) is -1.59. The summed E-state index contributed by atoms with van der Waals surface area (Å²) in [5, 5.41) is 8.96. The van der Waals surface area contributed by atoms with Crippen LogP contribution in [-0.4, -0.2) is 143 Å². The van der Waals surface area contributed by atoms with Gasteiger partial charge in [0.1, 0.15) is 12.7 Å². The Bertz CT molecular complexity index is 600. The van der Waals surface area contributed by atoms with Gasteiger partial charge in [0.05, 0.1) is 111 Å². The van der Waals surface area contributed by atoms with Gasteiger partial charge >= 0.3 is 11.9 Å². The van der Waals surface area contributed by atoms with Crippen LogP contribution in [0.2, 0.25) is 0 Å². The molecule has 0 aliphatic rings. The highest BCUT2D eigenvalue weighted by Crippen LogP contribution is 2.05. The number of carboxylic acid groups (broad SMARTS) is 1. The zero-order chi connectivity index (χ0) is 28.1. The van der Waals surface area contributed by atoms with Gasteiger partial charge in [-0.05, 0) is 0 Å². The second kappa shape index (κ2) is 28.1. The summed E-state index contributed by atoms with van der Waals surface area (Å²) in [6.45, 7) is 13.2. The Labute approximate surface area is 224 Å². The number of esters is 1. The van der Waals surface area contributed by atoms with E-state index in [1.807, 2.05) is 0 Å². The Balaban J connectivity index is 3.24. The standard InChI is InChI=1S/C25H44O13/c1-4-24(26)38-20-18-36-16-14-34-12-10-32-8-6-30-5-7-31-9-11-33-13-15-35-17-19-37-23(21-29-3)22(2)25(27)28/h4,23H,1-2,5-21H2,3H3,(H,27,28). The highest BCUT2D eigenvalue weighted by Gasteiger charge is 2.18. The van der Waals surface area contributed by atoms with Gasteiger partial charge in [-0.2, -0.15) is 0 Å². The van der Waals surface area contributed by atoms with Crippen molar-refractivity contribution in [3.8, 4) is 0 Å². The maximum Gasteiger partial charge on any atom is 0.333 e. The van der Waals surface area contributed by atoms with Crippen molar-refractivity contribution < 1.29 is 62.1 Å². The van der Waals surface area contributed by atoms with Crippen molar-refractivity contribution in [3.63, 3.8) is 0 Å². The summed E-state index contributed by atoms with van der Waals surface area (Å²) in [7, 11) is 1.46. The van der Waals surface area contributed by atoms with E-state index in [1.54, 1.807) is 0 Å². The fraction of sp³-hybridized carbons (Fsp3) is 0.760. The van der Waals surface area contributed by atoms with Crippen molar-refractivity contribution in [1.29, 1.82) is 0 Å². The lowest BCUT2D eigenvalue weighted by atomic mass is 10.2. The normalized spacial score (nSPS) is 11.8. The van der Waals surface area contributed by atoms with Gasteiger partial charge in [-0.15, -0.1) is 0 Å². The van der Waals surface area contributed by atoms with Crippen molar-refractivity contribution in [3.05, 3.63) is 24.8 Å². The number of carboxylic acids is 1. The van der Waals surface area contributed by atoms with Crippen LogP contribution in [0.15, 0.2) is 24.8 Å². The van der Waals surface area contributed by atoms with Crippen LogP contribution in [0.1, 0.15) is 0 Å². The Morgan fingerprint density at radius 3 is 1.32 bits per heavy atom. The second-order valence-corrected chi connectivity index (χ2v) is 7.30. The smallest absolute Gasteiger partial charge is 0.333 e. The first-order valence-corrected chi connectivity index (χ1v) is 12.4. The van der Waals surface area contributed by atoms with Gasteiger partial charge in [-0.25, -0.2) is 9.59 Å². The van der Waals surface area contributed by atoms with Gasteiger partial charge in [-0.3, -0.25) is 0 Å². The van der Waals surface area contributed by atoms with Gasteiger partial charge < -0.3 is 52.5 Å². The summed E-state index contributed by atoms with van der Waals surface area (Å²) < 4.78 is 52.7. The first-order chi connectivity index (χ1) is 18.5. The number of hydrogen-bond acceptors (Lipinski definition) is 12. The molecule has 0 rings (SSSR count). The van der Waals surface area contributed by atoms with Crippen molar-refractivity contribution in [2.75, 3.05) is 119 Å². The van der Waals surface area contributed by atoms with Crippen LogP contribution in [-0.2, 0) is 57.0 Å². The lowest BCUT2D eigenvalue weighted by molar-refractivity contribution is -0.139. The van der Waals surface area contributed by atoms with Crippen LogP contribution >= 0.6 is 0 Å². The lowest BCUT2D eigenvalue weighted by Crippen LogP contribution is -2.27. The number of ether oxygens (including phenoxy) is 10. The summed E-state index contributed by atoms with van der Waals surface area (Å²) in [6.07, 6.45) is 0.394. The molecule has 0 radical (unpaired) electrons. The molecule has 0 aliphatic heterocycles. The van der Waals surface area contributed by atoms with E-state index < -0.39 is 18.0 Å². The molecule has 13 heteroatoms. The molecule has 0 spiro atoms. The Hall–Kier alpha value is -1.94. The minimum absolute atomic E-state index is 0.0574. The van der Waals surface area contributed by atoms with Crippen molar-refractivity contribution in [2.45, 2.75) is 6.10 Å². The maximum absolute atomic E-state index is 10.9. The minimum atomic E-state index is -1.12. The fourth-order valence-corrected chi connectivity index (χ4v) is 2.47. The molecule has 1 atom stereocenters. The van der Waals surface area contributed by atoms with Gasteiger partial charge in [0.15, 0.2) is 0 Å². The Kier molecular flexibility index (Phi) is 26.6. The first kappa shape index (κ1) is 36.1. The molecule has 0 aromatic heterocycles.